The Kier molecular flexibility index (Phi) is 6.66. The Bertz CT molecular complexity index is 702. The Balaban J connectivity index is 0.000000735. The van der Waals surface area contributed by atoms with Crippen molar-refractivity contribution in [1.29, 1.82) is 0 Å². The molecule has 104 valence electrons. The molecule has 2 aromatic rings. The van der Waals surface area contributed by atoms with Crippen LogP contribution in [0.4, 0.5) is 0 Å². The predicted molar refractivity (Wildman–Crippen MR) is 76.4 cm³/mol. The van der Waals surface area contributed by atoms with Crippen LogP contribution in [0.3, 0.4) is 0 Å². The number of allylic oxidation sites excluding steroid dienone is 4. The largest absolute Gasteiger partial charge is 2.00 e. The molecule has 4 rings (SSSR count). The zero-order valence-electron chi connectivity index (χ0n) is 11.4. The minimum atomic E-state index is 0. The minimum absolute atomic E-state index is 0. The molecule has 2 aliphatic rings. The van der Waals surface area contributed by atoms with E-state index in [0.29, 0.717) is 0 Å². The molecule has 0 unspecified atom stereocenters. The third-order valence-electron chi connectivity index (χ3n) is 3.97. The summed E-state index contributed by atoms with van der Waals surface area (Å²) in [5, 5.41) is 0. The normalized spacial score (nSPS) is 13.2. The second-order valence-corrected chi connectivity index (χ2v) is 4.99. The number of benzene rings is 2. The average molecular weight is 392 g/mol. The van der Waals surface area contributed by atoms with Gasteiger partial charge in [-0.05, 0) is 46.2 Å². The van der Waals surface area contributed by atoms with Crippen LogP contribution >= 0.6 is 0 Å². The van der Waals surface area contributed by atoms with Crippen molar-refractivity contribution in [2.24, 2.45) is 0 Å². The van der Waals surface area contributed by atoms with Gasteiger partial charge in [0, 0.05) is 0 Å². The van der Waals surface area contributed by atoms with E-state index in [-0.39, 0.29) is 51.0 Å². The van der Waals surface area contributed by atoms with Gasteiger partial charge in [-0.1, -0.05) is 60.7 Å². The Hall–Kier alpha value is -0.617. The van der Waals surface area contributed by atoms with Crippen LogP contribution in [0.1, 0.15) is 23.1 Å². The third kappa shape index (κ3) is 3.11. The summed E-state index contributed by atoms with van der Waals surface area (Å²) < 4.78 is 0. The van der Waals surface area contributed by atoms with Gasteiger partial charge in [-0.3, -0.25) is 0 Å². The number of hydrogen-bond acceptors (Lipinski definition) is 0. The molecule has 0 N–H and O–H groups in total. The zero-order chi connectivity index (χ0) is 11.9. The van der Waals surface area contributed by atoms with Crippen molar-refractivity contribution in [3.8, 4) is 11.1 Å². The summed E-state index contributed by atoms with van der Waals surface area (Å²) in [6, 6.07) is 15.5. The number of hydrogen-bond donors (Lipinski definition) is 0. The molecule has 0 aliphatic heterocycles. The fraction of sp³-hybridized carbons (Fsp3) is 0.111. The van der Waals surface area contributed by atoms with Gasteiger partial charge in [-0.2, -0.15) is 0 Å². The maximum atomic E-state index is 2.27. The summed E-state index contributed by atoms with van der Waals surface area (Å²) in [4.78, 5) is 0. The van der Waals surface area contributed by atoms with Crippen LogP contribution in [0.25, 0.3) is 16.7 Å². The molecular weight excluding hydrogens is 378 g/mol. The van der Waals surface area contributed by atoms with Gasteiger partial charge in [0.2, 0.25) is 0 Å². The van der Waals surface area contributed by atoms with E-state index in [2.05, 4.69) is 60.7 Å². The third-order valence-corrected chi connectivity index (χ3v) is 3.97. The van der Waals surface area contributed by atoms with E-state index in [1.807, 2.05) is 0 Å². The molecule has 0 nitrogen and oxygen atoms in total. The second-order valence-electron chi connectivity index (χ2n) is 4.99. The van der Waals surface area contributed by atoms with Gasteiger partial charge >= 0.3 is 26.2 Å². The number of rotatable bonds is 1. The summed E-state index contributed by atoms with van der Waals surface area (Å²) in [7, 11) is 0. The van der Waals surface area contributed by atoms with Gasteiger partial charge in [-0.25, -0.2) is 0 Å². The maximum Gasteiger partial charge on any atom is 2.00 e. The van der Waals surface area contributed by atoms with Gasteiger partial charge in [0.05, 0.1) is 0 Å². The van der Waals surface area contributed by atoms with Crippen molar-refractivity contribution in [2.75, 3.05) is 0 Å². The van der Waals surface area contributed by atoms with Crippen molar-refractivity contribution in [3.05, 3.63) is 77.4 Å². The molecule has 0 fully saturated rings. The Morgan fingerprint density at radius 2 is 1.48 bits per heavy atom. The van der Waals surface area contributed by atoms with Crippen molar-refractivity contribution >= 4 is 5.57 Å². The van der Waals surface area contributed by atoms with Gasteiger partial charge in [0.15, 0.2) is 0 Å². The van der Waals surface area contributed by atoms with E-state index in [4.69, 9.17) is 0 Å². The van der Waals surface area contributed by atoms with Gasteiger partial charge in [-0.15, -0.1) is 0 Å². The van der Waals surface area contributed by atoms with Crippen molar-refractivity contribution in [1.82, 2.24) is 0 Å². The van der Waals surface area contributed by atoms with Crippen LogP contribution in [0.2, 0.25) is 0 Å². The minimum Gasteiger partial charge on any atom is -1.00 e. The van der Waals surface area contributed by atoms with Gasteiger partial charge in [0.1, 0.15) is 0 Å². The Morgan fingerprint density at radius 1 is 0.762 bits per heavy atom. The van der Waals surface area contributed by atoms with E-state index >= 15 is 0 Å². The van der Waals surface area contributed by atoms with Crippen molar-refractivity contribution in [2.45, 2.75) is 12.8 Å². The van der Waals surface area contributed by atoms with Gasteiger partial charge in [0.25, 0.3) is 0 Å². The van der Waals surface area contributed by atoms with E-state index in [9.17, 15) is 0 Å². The quantitative estimate of drug-likeness (QED) is 0.478. The Labute approximate surface area is 157 Å². The predicted octanol–water partition coefficient (Wildman–Crippen LogP) is -1.39. The molecule has 0 bridgehead atoms. The number of fused-ring (bicyclic) bond motifs is 3. The fourth-order valence-electron chi connectivity index (χ4n) is 3.11. The van der Waals surface area contributed by atoms with Crippen LogP contribution < -0.4 is 24.8 Å². The molecular formula is C18H14Cl2Zr. The molecule has 21 heavy (non-hydrogen) atoms. The SMILES string of the molecule is C1=CCC(c2cccc3c2Cc2ccccc2-3)=C1.[Cl-].[Cl-].[Zr+2]. The zero-order valence-corrected chi connectivity index (χ0v) is 15.4. The molecule has 0 radical (unpaired) electrons. The summed E-state index contributed by atoms with van der Waals surface area (Å²) in [5.74, 6) is 0. The van der Waals surface area contributed by atoms with E-state index < -0.39 is 0 Å². The second kappa shape index (κ2) is 7.59. The standard InChI is InChI=1S/C18H14.2ClH.Zr/c1-2-7-13(6-1)15-10-5-11-17-16-9-4-3-8-14(16)12-18(15)17;;;/h1-6,8-11H,7,12H2;2*1H;/q;;;+2/p-2. The number of halogens is 2. The first-order chi connectivity index (χ1) is 8.93. The van der Waals surface area contributed by atoms with Crippen molar-refractivity contribution < 1.29 is 51.0 Å². The smallest absolute Gasteiger partial charge is 1.00 e. The summed E-state index contributed by atoms with van der Waals surface area (Å²) in [6.07, 6.45) is 8.80. The Morgan fingerprint density at radius 3 is 2.24 bits per heavy atom. The molecule has 2 aliphatic carbocycles. The molecule has 0 aromatic heterocycles. The molecule has 0 saturated carbocycles. The first-order valence-electron chi connectivity index (χ1n) is 6.50. The molecule has 3 heteroatoms. The summed E-state index contributed by atoms with van der Waals surface area (Å²) in [5.41, 5.74) is 8.71. The fourth-order valence-corrected chi connectivity index (χ4v) is 3.11. The van der Waals surface area contributed by atoms with E-state index in [0.717, 1.165) is 12.8 Å². The van der Waals surface area contributed by atoms with Crippen LogP contribution in [0.5, 0.6) is 0 Å². The van der Waals surface area contributed by atoms with E-state index in [1.54, 1.807) is 0 Å². The van der Waals surface area contributed by atoms with Crippen LogP contribution in [-0.4, -0.2) is 0 Å². The molecule has 0 saturated heterocycles. The first-order valence-corrected chi connectivity index (χ1v) is 6.50. The van der Waals surface area contributed by atoms with E-state index in [1.165, 1.54) is 33.4 Å². The van der Waals surface area contributed by atoms with Crippen molar-refractivity contribution in [3.63, 3.8) is 0 Å². The van der Waals surface area contributed by atoms with Gasteiger partial charge < -0.3 is 24.8 Å². The topological polar surface area (TPSA) is 0 Å². The molecule has 0 amide bonds. The van der Waals surface area contributed by atoms with Crippen LogP contribution in [-0.2, 0) is 32.6 Å². The van der Waals surface area contributed by atoms with Crippen LogP contribution in [0.15, 0.2) is 60.7 Å². The maximum absolute atomic E-state index is 2.27. The molecule has 0 spiro atoms. The summed E-state index contributed by atoms with van der Waals surface area (Å²) >= 11 is 0. The van der Waals surface area contributed by atoms with Crippen LogP contribution in [0, 0.1) is 0 Å². The molecule has 2 aromatic carbocycles. The molecule has 0 atom stereocenters. The average Bonchev–Trinajstić information content (AvgIpc) is 3.05. The first kappa shape index (κ1) is 18.4. The monoisotopic (exact) mass is 390 g/mol. The molecule has 0 heterocycles. The summed E-state index contributed by atoms with van der Waals surface area (Å²) in [6.45, 7) is 0.